The monoisotopic (exact) mass is 332 g/mol. The molecule has 2 rings (SSSR count). The molecule has 3 N–H and O–H groups in total. The number of aryl methyl sites for hydroxylation is 1. The summed E-state index contributed by atoms with van der Waals surface area (Å²) in [5.41, 5.74) is 3.20. The summed E-state index contributed by atoms with van der Waals surface area (Å²) in [6.07, 6.45) is 0. The van der Waals surface area contributed by atoms with Crippen molar-refractivity contribution in [2.75, 3.05) is 0 Å². The average Bonchev–Trinajstić information content (AvgIpc) is 2.46. The second-order valence-corrected chi connectivity index (χ2v) is 7.17. The van der Waals surface area contributed by atoms with Crippen LogP contribution in [0.15, 0.2) is 48.5 Å². The van der Waals surface area contributed by atoms with Gasteiger partial charge in [0.1, 0.15) is 0 Å². The molecule has 122 valence electrons. The molecule has 0 aliphatic heterocycles. The predicted molar refractivity (Wildman–Crippen MR) is 90.3 cm³/mol. The Hall–Kier alpha value is -2.18. The van der Waals surface area contributed by atoms with Crippen molar-refractivity contribution < 1.29 is 13.2 Å². The van der Waals surface area contributed by atoms with Crippen molar-refractivity contribution in [2.45, 2.75) is 25.6 Å². The third-order valence-corrected chi connectivity index (χ3v) is 4.32. The van der Waals surface area contributed by atoms with Crippen LogP contribution in [0.4, 0.5) is 0 Å². The first-order chi connectivity index (χ1) is 10.8. The summed E-state index contributed by atoms with van der Waals surface area (Å²) in [7, 11) is -3.57. The Morgan fingerprint density at radius 3 is 2.30 bits per heavy atom. The van der Waals surface area contributed by atoms with Crippen molar-refractivity contribution >= 4 is 15.9 Å². The van der Waals surface area contributed by atoms with Crippen molar-refractivity contribution in [1.29, 1.82) is 0 Å². The largest absolute Gasteiger partial charge is 0.346 e. The third kappa shape index (κ3) is 4.91. The van der Waals surface area contributed by atoms with Crippen molar-refractivity contribution in [2.24, 2.45) is 5.14 Å². The molecule has 2 aromatic carbocycles. The van der Waals surface area contributed by atoms with Crippen LogP contribution in [-0.2, 0) is 15.8 Å². The minimum atomic E-state index is -3.57. The van der Waals surface area contributed by atoms with E-state index in [0.29, 0.717) is 11.1 Å². The van der Waals surface area contributed by atoms with Crippen LogP contribution >= 0.6 is 0 Å². The number of rotatable bonds is 5. The summed E-state index contributed by atoms with van der Waals surface area (Å²) in [4.78, 5) is 12.3. The van der Waals surface area contributed by atoms with Gasteiger partial charge in [0, 0.05) is 5.56 Å². The van der Waals surface area contributed by atoms with Crippen molar-refractivity contribution in [1.82, 2.24) is 5.32 Å². The van der Waals surface area contributed by atoms with Crippen LogP contribution in [-0.4, -0.2) is 14.3 Å². The lowest BCUT2D eigenvalue weighted by Crippen LogP contribution is -2.27. The first kappa shape index (κ1) is 17.2. The fourth-order valence-electron chi connectivity index (χ4n) is 2.42. The maximum absolute atomic E-state index is 12.3. The number of primary sulfonamides is 1. The Labute approximate surface area is 136 Å². The van der Waals surface area contributed by atoms with Crippen LogP contribution in [0.3, 0.4) is 0 Å². The molecule has 0 fully saturated rings. The van der Waals surface area contributed by atoms with Gasteiger partial charge in [-0.2, -0.15) is 0 Å². The minimum Gasteiger partial charge on any atom is -0.346 e. The van der Waals surface area contributed by atoms with Gasteiger partial charge in [-0.3, -0.25) is 4.79 Å². The highest BCUT2D eigenvalue weighted by molar-refractivity contribution is 7.88. The molecule has 0 saturated carbocycles. The van der Waals surface area contributed by atoms with Gasteiger partial charge in [0.2, 0.25) is 10.0 Å². The number of sulfonamides is 1. The highest BCUT2D eigenvalue weighted by Gasteiger charge is 2.13. The zero-order valence-electron chi connectivity index (χ0n) is 13.1. The van der Waals surface area contributed by atoms with Gasteiger partial charge in [-0.05, 0) is 42.7 Å². The first-order valence-corrected chi connectivity index (χ1v) is 8.93. The fraction of sp³-hybridized carbons (Fsp3) is 0.235. The van der Waals surface area contributed by atoms with Gasteiger partial charge >= 0.3 is 0 Å². The fourth-order valence-corrected chi connectivity index (χ4v) is 3.07. The van der Waals surface area contributed by atoms with Crippen LogP contribution in [0, 0.1) is 6.92 Å². The van der Waals surface area contributed by atoms with Crippen LogP contribution < -0.4 is 10.5 Å². The first-order valence-electron chi connectivity index (χ1n) is 7.22. The van der Waals surface area contributed by atoms with Crippen molar-refractivity contribution in [3.63, 3.8) is 0 Å². The molecule has 5 nitrogen and oxygen atoms in total. The molecule has 0 radical (unpaired) electrons. The minimum absolute atomic E-state index is 0.118. The molecule has 0 heterocycles. The third-order valence-electron chi connectivity index (χ3n) is 3.59. The lowest BCUT2D eigenvalue weighted by molar-refractivity contribution is 0.0940. The van der Waals surface area contributed by atoms with E-state index in [-0.39, 0.29) is 17.7 Å². The van der Waals surface area contributed by atoms with E-state index in [1.807, 2.05) is 38.1 Å². The predicted octanol–water partition coefficient (Wildman–Crippen LogP) is 2.27. The van der Waals surface area contributed by atoms with E-state index in [0.717, 1.165) is 11.1 Å². The van der Waals surface area contributed by atoms with E-state index < -0.39 is 10.0 Å². The quantitative estimate of drug-likeness (QED) is 0.880. The second-order valence-electron chi connectivity index (χ2n) is 5.56. The molecule has 2 aromatic rings. The van der Waals surface area contributed by atoms with Gasteiger partial charge in [0.05, 0.1) is 11.8 Å². The molecule has 1 unspecified atom stereocenters. The molecule has 0 aliphatic carbocycles. The summed E-state index contributed by atoms with van der Waals surface area (Å²) >= 11 is 0. The number of hydrogen-bond donors (Lipinski definition) is 2. The Balaban J connectivity index is 2.08. The highest BCUT2D eigenvalue weighted by atomic mass is 32.2. The van der Waals surface area contributed by atoms with Gasteiger partial charge in [-0.1, -0.05) is 36.4 Å². The van der Waals surface area contributed by atoms with Gasteiger partial charge in [0.25, 0.3) is 5.91 Å². The maximum Gasteiger partial charge on any atom is 0.251 e. The summed E-state index contributed by atoms with van der Waals surface area (Å²) in [5, 5.41) is 7.94. The molecular formula is C17H20N2O3S. The van der Waals surface area contributed by atoms with E-state index in [4.69, 9.17) is 5.14 Å². The van der Waals surface area contributed by atoms with Gasteiger partial charge in [-0.15, -0.1) is 0 Å². The molecule has 0 bridgehead atoms. The van der Waals surface area contributed by atoms with Gasteiger partial charge < -0.3 is 5.32 Å². The molecular weight excluding hydrogens is 312 g/mol. The molecule has 0 spiro atoms. The number of hydrogen-bond acceptors (Lipinski definition) is 3. The summed E-state index contributed by atoms with van der Waals surface area (Å²) < 4.78 is 22.1. The van der Waals surface area contributed by atoms with Crippen molar-refractivity contribution in [3.05, 3.63) is 70.8 Å². The molecule has 0 saturated heterocycles. The normalized spacial score (nSPS) is 12.7. The lowest BCUT2D eigenvalue weighted by Gasteiger charge is -2.16. The van der Waals surface area contributed by atoms with Gasteiger partial charge in [-0.25, -0.2) is 13.6 Å². The smallest absolute Gasteiger partial charge is 0.251 e. The Bertz CT molecular complexity index is 799. The Morgan fingerprint density at radius 2 is 1.74 bits per heavy atom. The zero-order valence-corrected chi connectivity index (χ0v) is 13.9. The van der Waals surface area contributed by atoms with Gasteiger partial charge in [0.15, 0.2) is 0 Å². The number of nitrogens with two attached hydrogens (primary N) is 1. The van der Waals surface area contributed by atoms with E-state index in [1.54, 1.807) is 24.3 Å². The van der Waals surface area contributed by atoms with Crippen LogP contribution in [0.25, 0.3) is 0 Å². The summed E-state index contributed by atoms with van der Waals surface area (Å²) in [5.74, 6) is -0.447. The van der Waals surface area contributed by atoms with E-state index in [2.05, 4.69) is 5.32 Å². The average molecular weight is 332 g/mol. The standard InChI is InChI=1S/C17H20N2O3S/c1-12-5-3-4-6-16(12)13(2)19-17(20)15-9-7-14(8-10-15)11-23(18,21)22/h3-10,13H,11H2,1-2H3,(H,19,20)(H2,18,21,22). The van der Waals surface area contributed by atoms with E-state index in [9.17, 15) is 13.2 Å². The molecule has 0 aliphatic rings. The lowest BCUT2D eigenvalue weighted by atomic mass is 10.0. The van der Waals surface area contributed by atoms with Crippen LogP contribution in [0.5, 0.6) is 0 Å². The zero-order chi connectivity index (χ0) is 17.0. The SMILES string of the molecule is Cc1ccccc1C(C)NC(=O)c1ccc(CS(N)(=O)=O)cc1. The number of carbonyl (C=O) groups excluding carboxylic acids is 1. The Morgan fingerprint density at radius 1 is 1.13 bits per heavy atom. The van der Waals surface area contributed by atoms with E-state index >= 15 is 0 Å². The number of carbonyl (C=O) groups is 1. The molecule has 0 aromatic heterocycles. The molecule has 6 heteroatoms. The highest BCUT2D eigenvalue weighted by Crippen LogP contribution is 2.17. The summed E-state index contributed by atoms with van der Waals surface area (Å²) in [6.45, 7) is 3.93. The van der Waals surface area contributed by atoms with E-state index in [1.165, 1.54) is 0 Å². The van der Waals surface area contributed by atoms with Crippen molar-refractivity contribution in [3.8, 4) is 0 Å². The topological polar surface area (TPSA) is 89.3 Å². The molecule has 23 heavy (non-hydrogen) atoms. The Kier molecular flexibility index (Phi) is 5.18. The molecule has 1 amide bonds. The number of nitrogens with one attached hydrogen (secondary N) is 1. The molecule has 1 atom stereocenters. The van der Waals surface area contributed by atoms with Crippen LogP contribution in [0.1, 0.15) is 40.0 Å². The number of amides is 1. The van der Waals surface area contributed by atoms with Crippen LogP contribution in [0.2, 0.25) is 0 Å². The maximum atomic E-state index is 12.3. The summed E-state index contributed by atoms with van der Waals surface area (Å²) in [6, 6.07) is 14.1. The second kappa shape index (κ2) is 6.93. The number of benzene rings is 2.